The van der Waals surface area contributed by atoms with Gasteiger partial charge in [0, 0.05) is 10.5 Å². The number of halogens is 2. The minimum atomic E-state index is -0.0980. The van der Waals surface area contributed by atoms with Gasteiger partial charge in [-0.2, -0.15) is 0 Å². The number of rotatable bonds is 7. The Balaban J connectivity index is 2.04. The first-order valence-electron chi connectivity index (χ1n) is 8.04. The predicted molar refractivity (Wildman–Crippen MR) is 91.1 cm³/mol. The number of allylic oxidation sites excluding steroid dienone is 1. The minimum absolute atomic E-state index is 0.0980. The number of hydrogen-bond donors (Lipinski definition) is 1. The van der Waals surface area contributed by atoms with E-state index in [-0.39, 0.29) is 5.82 Å². The first kappa shape index (κ1) is 16.7. The topological polar surface area (TPSA) is 12.0 Å². The highest BCUT2D eigenvalue weighted by atomic mass is 79.9. The van der Waals surface area contributed by atoms with Crippen LogP contribution >= 0.6 is 15.9 Å². The molecule has 1 unspecified atom stereocenters. The molecule has 0 aliphatic heterocycles. The van der Waals surface area contributed by atoms with Crippen LogP contribution in [0, 0.1) is 5.82 Å². The van der Waals surface area contributed by atoms with E-state index in [1.807, 2.05) is 6.07 Å². The molecule has 2 rings (SSSR count). The number of hydrogen-bond acceptors (Lipinski definition) is 1. The highest BCUT2D eigenvalue weighted by Crippen LogP contribution is 2.24. The molecule has 116 valence electrons. The molecular weight excluding hydrogens is 329 g/mol. The Morgan fingerprint density at radius 3 is 2.86 bits per heavy atom. The molecule has 0 bridgehead atoms. The van der Waals surface area contributed by atoms with Crippen LogP contribution in [0.3, 0.4) is 0 Å². The molecule has 1 aromatic rings. The Morgan fingerprint density at radius 2 is 2.14 bits per heavy atom. The van der Waals surface area contributed by atoms with Crippen LogP contribution in [0.15, 0.2) is 34.3 Å². The van der Waals surface area contributed by atoms with E-state index in [0.717, 1.165) is 35.8 Å². The van der Waals surface area contributed by atoms with Crippen LogP contribution in [-0.2, 0) is 6.42 Å². The summed E-state index contributed by atoms with van der Waals surface area (Å²) < 4.78 is 14.9. The second-order valence-corrected chi connectivity index (χ2v) is 6.82. The Labute approximate surface area is 136 Å². The number of benzene rings is 1. The van der Waals surface area contributed by atoms with E-state index in [0.29, 0.717) is 6.04 Å². The van der Waals surface area contributed by atoms with Crippen LogP contribution < -0.4 is 5.32 Å². The summed E-state index contributed by atoms with van der Waals surface area (Å²) in [6.07, 6.45) is 10.3. The van der Waals surface area contributed by atoms with Crippen molar-refractivity contribution in [3.8, 4) is 0 Å². The molecule has 0 saturated heterocycles. The van der Waals surface area contributed by atoms with Crippen molar-refractivity contribution in [2.45, 2.75) is 57.9 Å². The normalized spacial score (nSPS) is 16.6. The van der Waals surface area contributed by atoms with Crippen molar-refractivity contribution in [2.75, 3.05) is 6.54 Å². The molecule has 1 aliphatic carbocycles. The molecule has 3 heteroatoms. The second-order valence-electron chi connectivity index (χ2n) is 5.90. The summed E-state index contributed by atoms with van der Waals surface area (Å²) in [5.74, 6) is -0.0980. The van der Waals surface area contributed by atoms with Crippen molar-refractivity contribution in [2.24, 2.45) is 0 Å². The van der Waals surface area contributed by atoms with Gasteiger partial charge in [-0.1, -0.05) is 34.5 Å². The number of nitrogens with one attached hydrogen (secondary N) is 1. The van der Waals surface area contributed by atoms with Crippen molar-refractivity contribution in [1.29, 1.82) is 0 Å². The summed E-state index contributed by atoms with van der Waals surface area (Å²) in [6, 6.07) is 5.55. The summed E-state index contributed by atoms with van der Waals surface area (Å²) in [5, 5.41) is 3.59. The first-order chi connectivity index (χ1) is 10.2. The summed E-state index contributed by atoms with van der Waals surface area (Å²) in [5.41, 5.74) is 2.35. The quantitative estimate of drug-likeness (QED) is 0.648. The zero-order valence-corrected chi connectivity index (χ0v) is 14.4. The lowest BCUT2D eigenvalue weighted by Gasteiger charge is -2.22. The van der Waals surface area contributed by atoms with E-state index in [9.17, 15) is 4.39 Å². The molecule has 1 aromatic carbocycles. The molecule has 0 amide bonds. The fourth-order valence-corrected chi connectivity index (χ4v) is 3.35. The van der Waals surface area contributed by atoms with Crippen LogP contribution in [0.4, 0.5) is 4.39 Å². The fourth-order valence-electron chi connectivity index (χ4n) is 2.94. The lowest BCUT2D eigenvalue weighted by molar-refractivity contribution is 0.480. The van der Waals surface area contributed by atoms with Crippen LogP contribution in [0.25, 0.3) is 0 Å². The van der Waals surface area contributed by atoms with Gasteiger partial charge in [0.25, 0.3) is 0 Å². The third-order valence-electron chi connectivity index (χ3n) is 4.05. The van der Waals surface area contributed by atoms with Gasteiger partial charge in [0.2, 0.25) is 0 Å². The maximum Gasteiger partial charge on any atom is 0.126 e. The maximum atomic E-state index is 14.0. The highest BCUT2D eigenvalue weighted by molar-refractivity contribution is 9.10. The van der Waals surface area contributed by atoms with Crippen molar-refractivity contribution >= 4 is 15.9 Å². The molecule has 1 nitrogen and oxygen atoms in total. The third-order valence-corrected chi connectivity index (χ3v) is 4.54. The molecule has 0 aromatic heterocycles. The van der Waals surface area contributed by atoms with E-state index >= 15 is 0 Å². The van der Waals surface area contributed by atoms with Crippen LogP contribution in [0.1, 0.15) is 51.0 Å². The van der Waals surface area contributed by atoms with E-state index in [4.69, 9.17) is 0 Å². The van der Waals surface area contributed by atoms with Crippen LogP contribution in [-0.4, -0.2) is 12.6 Å². The van der Waals surface area contributed by atoms with Crippen LogP contribution in [0.2, 0.25) is 0 Å². The molecule has 0 saturated carbocycles. The molecule has 0 fully saturated rings. The maximum absolute atomic E-state index is 14.0. The van der Waals surface area contributed by atoms with E-state index < -0.39 is 0 Å². The Hall–Kier alpha value is -0.670. The average molecular weight is 354 g/mol. The molecule has 1 aliphatic rings. The summed E-state index contributed by atoms with van der Waals surface area (Å²) >= 11 is 3.44. The average Bonchev–Trinajstić information content (AvgIpc) is 2.49. The standard InChI is InChI=1S/C18H25BrFN/c1-2-10-21-17(11-14-6-4-3-5-7-14)13-15-12-16(19)8-9-18(15)20/h6,8-9,12,17,21H,2-5,7,10-11,13H2,1H3. The molecule has 1 N–H and O–H groups in total. The lowest BCUT2D eigenvalue weighted by atomic mass is 9.91. The van der Waals surface area contributed by atoms with Gasteiger partial charge in [-0.25, -0.2) is 4.39 Å². The Bertz CT molecular complexity index is 484. The van der Waals surface area contributed by atoms with Crippen molar-refractivity contribution in [1.82, 2.24) is 5.32 Å². The Kier molecular flexibility index (Phi) is 6.91. The van der Waals surface area contributed by atoms with E-state index in [1.54, 1.807) is 17.7 Å². The van der Waals surface area contributed by atoms with Gasteiger partial charge in [0.1, 0.15) is 5.82 Å². The van der Waals surface area contributed by atoms with Crippen molar-refractivity contribution in [3.63, 3.8) is 0 Å². The summed E-state index contributed by atoms with van der Waals surface area (Å²) in [4.78, 5) is 0. The van der Waals surface area contributed by atoms with Gasteiger partial charge < -0.3 is 5.32 Å². The second kappa shape index (κ2) is 8.70. The minimum Gasteiger partial charge on any atom is -0.313 e. The largest absolute Gasteiger partial charge is 0.313 e. The SMILES string of the molecule is CCCNC(CC1=CCCCC1)Cc1cc(Br)ccc1F. The molecular formula is C18H25BrFN. The third kappa shape index (κ3) is 5.55. The smallest absolute Gasteiger partial charge is 0.126 e. The zero-order chi connectivity index (χ0) is 15.1. The highest BCUT2D eigenvalue weighted by Gasteiger charge is 2.15. The molecule has 21 heavy (non-hydrogen) atoms. The van der Waals surface area contributed by atoms with Gasteiger partial charge in [-0.15, -0.1) is 0 Å². The van der Waals surface area contributed by atoms with E-state index in [2.05, 4.69) is 34.2 Å². The van der Waals surface area contributed by atoms with Gasteiger partial charge >= 0.3 is 0 Å². The molecule has 0 heterocycles. The molecule has 0 spiro atoms. The van der Waals surface area contributed by atoms with Gasteiger partial charge in [-0.05, 0) is 75.3 Å². The summed E-state index contributed by atoms with van der Waals surface area (Å²) in [6.45, 7) is 3.16. The van der Waals surface area contributed by atoms with Gasteiger partial charge in [-0.3, -0.25) is 0 Å². The van der Waals surface area contributed by atoms with Crippen molar-refractivity contribution in [3.05, 3.63) is 45.7 Å². The molecule has 0 radical (unpaired) electrons. The Morgan fingerprint density at radius 1 is 1.29 bits per heavy atom. The first-order valence-corrected chi connectivity index (χ1v) is 8.83. The zero-order valence-electron chi connectivity index (χ0n) is 12.8. The monoisotopic (exact) mass is 353 g/mol. The molecule has 1 atom stereocenters. The fraction of sp³-hybridized carbons (Fsp3) is 0.556. The van der Waals surface area contributed by atoms with Gasteiger partial charge in [0.05, 0.1) is 0 Å². The van der Waals surface area contributed by atoms with E-state index in [1.165, 1.54) is 25.7 Å². The van der Waals surface area contributed by atoms with Crippen LogP contribution in [0.5, 0.6) is 0 Å². The van der Waals surface area contributed by atoms with Gasteiger partial charge in [0.15, 0.2) is 0 Å². The van der Waals surface area contributed by atoms with Crippen molar-refractivity contribution < 1.29 is 4.39 Å². The lowest BCUT2D eigenvalue weighted by Crippen LogP contribution is -2.32. The summed E-state index contributed by atoms with van der Waals surface area (Å²) in [7, 11) is 0. The predicted octanol–water partition coefficient (Wildman–Crippen LogP) is 5.39.